The van der Waals surface area contributed by atoms with E-state index < -0.39 is 10.2 Å². The lowest BCUT2D eigenvalue weighted by atomic mass is 10.5. The van der Waals surface area contributed by atoms with Crippen molar-refractivity contribution in [3.8, 4) is 0 Å². The fraction of sp³-hybridized carbons (Fsp3) is 1.00. The van der Waals surface area contributed by atoms with Crippen molar-refractivity contribution in [3.05, 3.63) is 0 Å². The Morgan fingerprint density at radius 1 is 1.45 bits per heavy atom. The molecule has 0 heterocycles. The number of alkyl halides is 1. The minimum absolute atomic E-state index is 0.393. The highest BCUT2D eigenvalue weighted by Gasteiger charge is 2.10. The van der Waals surface area contributed by atoms with E-state index >= 15 is 0 Å². The molecule has 68 valence electrons. The van der Waals surface area contributed by atoms with Gasteiger partial charge in [-0.1, -0.05) is 0 Å². The van der Waals surface area contributed by atoms with Crippen molar-refractivity contribution in [1.29, 1.82) is 0 Å². The van der Waals surface area contributed by atoms with E-state index in [9.17, 15) is 8.42 Å². The van der Waals surface area contributed by atoms with Crippen LogP contribution < -0.4 is 4.72 Å². The predicted octanol–water partition coefficient (Wildman–Crippen LogP) is 0.0113. The fourth-order valence-corrected chi connectivity index (χ4v) is 1.19. The van der Waals surface area contributed by atoms with E-state index in [1.807, 2.05) is 0 Å². The quantitative estimate of drug-likeness (QED) is 0.502. The second-order valence-corrected chi connectivity index (χ2v) is 4.57. The van der Waals surface area contributed by atoms with E-state index in [-0.39, 0.29) is 0 Å². The van der Waals surface area contributed by atoms with Crippen LogP contribution in [-0.4, -0.2) is 39.2 Å². The first-order chi connectivity index (χ1) is 5.00. The highest BCUT2D eigenvalue weighted by Crippen LogP contribution is 1.89. The third kappa shape index (κ3) is 4.58. The first-order valence-electron chi connectivity index (χ1n) is 3.24. The Balaban J connectivity index is 3.75. The molecular formula is C5H13ClN2O2S. The molecule has 0 amide bonds. The Bertz CT molecular complexity index is 191. The van der Waals surface area contributed by atoms with Crippen molar-refractivity contribution in [2.45, 2.75) is 6.42 Å². The molecule has 0 radical (unpaired) electrons. The van der Waals surface area contributed by atoms with Crippen LogP contribution in [0.5, 0.6) is 0 Å². The SMILES string of the molecule is CN(C)S(=O)(=O)NCCCCl. The normalized spacial score (nSPS) is 12.4. The number of rotatable bonds is 5. The van der Waals surface area contributed by atoms with Crippen molar-refractivity contribution in [2.24, 2.45) is 0 Å². The smallest absolute Gasteiger partial charge is 0.202 e. The Hall–Kier alpha value is 0.160. The standard InChI is InChI=1S/C5H13ClN2O2S/c1-8(2)11(9,10)7-5-3-4-6/h7H,3-5H2,1-2H3. The topological polar surface area (TPSA) is 49.4 Å². The summed E-state index contributed by atoms with van der Waals surface area (Å²) in [6.07, 6.45) is 0.647. The van der Waals surface area contributed by atoms with E-state index in [1.54, 1.807) is 0 Å². The zero-order chi connectivity index (χ0) is 8.91. The molecule has 11 heavy (non-hydrogen) atoms. The van der Waals surface area contributed by atoms with Crippen LogP contribution in [0.4, 0.5) is 0 Å². The molecule has 0 aromatic carbocycles. The lowest BCUT2D eigenvalue weighted by Gasteiger charge is -2.11. The van der Waals surface area contributed by atoms with Gasteiger partial charge in [0.25, 0.3) is 10.2 Å². The van der Waals surface area contributed by atoms with Crippen molar-refractivity contribution >= 4 is 21.8 Å². The lowest BCUT2D eigenvalue weighted by molar-refractivity contribution is 0.505. The van der Waals surface area contributed by atoms with Gasteiger partial charge in [-0.15, -0.1) is 11.6 Å². The second-order valence-electron chi connectivity index (χ2n) is 2.22. The molecule has 0 bridgehead atoms. The van der Waals surface area contributed by atoms with Crippen LogP contribution in [-0.2, 0) is 10.2 Å². The van der Waals surface area contributed by atoms with E-state index in [2.05, 4.69) is 4.72 Å². The summed E-state index contributed by atoms with van der Waals surface area (Å²) in [5.41, 5.74) is 0. The van der Waals surface area contributed by atoms with Crippen molar-refractivity contribution in [2.75, 3.05) is 26.5 Å². The minimum atomic E-state index is -3.25. The van der Waals surface area contributed by atoms with Crippen LogP contribution in [0.25, 0.3) is 0 Å². The van der Waals surface area contributed by atoms with Crippen molar-refractivity contribution in [3.63, 3.8) is 0 Å². The van der Waals surface area contributed by atoms with Gasteiger partial charge < -0.3 is 0 Å². The summed E-state index contributed by atoms with van der Waals surface area (Å²) >= 11 is 5.36. The van der Waals surface area contributed by atoms with Crippen molar-refractivity contribution in [1.82, 2.24) is 9.03 Å². The van der Waals surface area contributed by atoms with E-state index in [1.165, 1.54) is 14.1 Å². The molecule has 4 nitrogen and oxygen atoms in total. The second kappa shape index (κ2) is 4.92. The largest absolute Gasteiger partial charge is 0.278 e. The summed E-state index contributed by atoms with van der Waals surface area (Å²) in [7, 11) is -0.295. The molecule has 0 aliphatic rings. The molecule has 0 spiro atoms. The summed E-state index contributed by atoms with van der Waals surface area (Å²) in [4.78, 5) is 0. The zero-order valence-corrected chi connectivity index (χ0v) is 8.24. The van der Waals surface area contributed by atoms with Gasteiger partial charge in [0.2, 0.25) is 0 Å². The predicted molar refractivity (Wildman–Crippen MR) is 45.9 cm³/mol. The maximum absolute atomic E-state index is 11.0. The lowest BCUT2D eigenvalue weighted by Crippen LogP contribution is -2.36. The van der Waals surface area contributed by atoms with Gasteiger partial charge in [0.1, 0.15) is 0 Å². The Kier molecular flexibility index (Phi) is 4.99. The third-order valence-electron chi connectivity index (χ3n) is 1.08. The van der Waals surface area contributed by atoms with Gasteiger partial charge >= 0.3 is 0 Å². The molecule has 0 saturated heterocycles. The number of nitrogens with one attached hydrogen (secondary N) is 1. The van der Waals surface area contributed by atoms with Gasteiger partial charge in [-0.05, 0) is 6.42 Å². The maximum atomic E-state index is 11.0. The van der Waals surface area contributed by atoms with Gasteiger partial charge in [-0.25, -0.2) is 4.72 Å². The van der Waals surface area contributed by atoms with Gasteiger partial charge in [0.05, 0.1) is 0 Å². The summed E-state index contributed by atoms with van der Waals surface area (Å²) in [6.45, 7) is 0.393. The average Bonchev–Trinajstić information content (AvgIpc) is 1.88. The van der Waals surface area contributed by atoms with Gasteiger partial charge in [0.15, 0.2) is 0 Å². The maximum Gasteiger partial charge on any atom is 0.278 e. The molecule has 0 saturated carbocycles. The van der Waals surface area contributed by atoms with Gasteiger partial charge in [0, 0.05) is 26.5 Å². The molecule has 0 aliphatic carbocycles. The Morgan fingerprint density at radius 2 is 2.00 bits per heavy atom. The molecule has 0 aliphatic heterocycles. The molecule has 0 fully saturated rings. The molecular weight excluding hydrogens is 188 g/mol. The van der Waals surface area contributed by atoms with Crippen LogP contribution in [0.1, 0.15) is 6.42 Å². The molecule has 0 aromatic rings. The Labute approximate surface area is 72.7 Å². The average molecular weight is 201 g/mol. The van der Waals surface area contributed by atoms with E-state index in [0.29, 0.717) is 18.8 Å². The van der Waals surface area contributed by atoms with Gasteiger partial charge in [-0.3, -0.25) is 0 Å². The highest BCUT2D eigenvalue weighted by molar-refractivity contribution is 7.87. The summed E-state index contributed by atoms with van der Waals surface area (Å²) in [5, 5.41) is 0. The van der Waals surface area contributed by atoms with Crippen LogP contribution in [0.2, 0.25) is 0 Å². The van der Waals surface area contributed by atoms with Gasteiger partial charge in [-0.2, -0.15) is 12.7 Å². The van der Waals surface area contributed by atoms with Crippen LogP contribution in [0.3, 0.4) is 0 Å². The van der Waals surface area contributed by atoms with Crippen LogP contribution in [0, 0.1) is 0 Å². The number of nitrogens with zero attached hydrogens (tertiary/aromatic N) is 1. The number of hydrogen-bond donors (Lipinski definition) is 1. The first kappa shape index (κ1) is 11.2. The number of hydrogen-bond acceptors (Lipinski definition) is 2. The van der Waals surface area contributed by atoms with Crippen LogP contribution in [0.15, 0.2) is 0 Å². The number of halogens is 1. The van der Waals surface area contributed by atoms with Crippen molar-refractivity contribution < 1.29 is 8.42 Å². The molecule has 6 heteroatoms. The minimum Gasteiger partial charge on any atom is -0.202 e. The summed E-state index contributed by atoms with van der Waals surface area (Å²) in [6, 6.07) is 0. The van der Waals surface area contributed by atoms with E-state index in [4.69, 9.17) is 11.6 Å². The third-order valence-corrected chi connectivity index (χ3v) is 2.87. The summed E-state index contributed by atoms with van der Waals surface area (Å²) in [5.74, 6) is 0.468. The fourth-order valence-electron chi connectivity index (χ4n) is 0.397. The highest BCUT2D eigenvalue weighted by atomic mass is 35.5. The van der Waals surface area contributed by atoms with E-state index in [0.717, 1.165) is 4.31 Å². The molecule has 0 atom stereocenters. The molecule has 1 N–H and O–H groups in total. The Morgan fingerprint density at radius 3 is 2.36 bits per heavy atom. The van der Waals surface area contributed by atoms with Crippen LogP contribution >= 0.6 is 11.6 Å². The summed E-state index contributed by atoms with van der Waals surface area (Å²) < 4.78 is 25.5. The molecule has 0 rings (SSSR count). The zero-order valence-electron chi connectivity index (χ0n) is 6.67. The molecule has 0 unspecified atom stereocenters. The monoisotopic (exact) mass is 200 g/mol. The first-order valence-corrected chi connectivity index (χ1v) is 5.21. The molecule has 0 aromatic heterocycles.